The molecule has 0 aliphatic heterocycles. The molecule has 1 N–H and O–H groups in total. The predicted molar refractivity (Wildman–Crippen MR) is 31.7 cm³/mol. The standard InChI is InChI=1S/C5H13NO2/c1-6-5(8-3)4-7-2/h5-6H,4H2,1-3H3. The first-order chi connectivity index (χ1) is 3.85. The monoisotopic (exact) mass is 119 g/mol. The normalized spacial score (nSPS) is 13.9. The Morgan fingerprint density at radius 2 is 2.12 bits per heavy atom. The van der Waals surface area contributed by atoms with Crippen LogP contribution < -0.4 is 5.32 Å². The minimum atomic E-state index is 0.0278. The molecule has 0 amide bonds. The van der Waals surface area contributed by atoms with Crippen LogP contribution in [0.15, 0.2) is 0 Å². The number of rotatable bonds is 4. The first-order valence-corrected chi connectivity index (χ1v) is 2.54. The van der Waals surface area contributed by atoms with Crippen molar-refractivity contribution in [2.24, 2.45) is 0 Å². The van der Waals surface area contributed by atoms with Gasteiger partial charge in [-0.3, -0.25) is 5.32 Å². The summed E-state index contributed by atoms with van der Waals surface area (Å²) in [7, 11) is 5.11. The molecule has 0 fully saturated rings. The molecule has 0 aromatic rings. The third-order valence-electron chi connectivity index (χ3n) is 0.925. The lowest BCUT2D eigenvalue weighted by Gasteiger charge is -2.11. The van der Waals surface area contributed by atoms with Gasteiger partial charge in [0.2, 0.25) is 0 Å². The van der Waals surface area contributed by atoms with Crippen LogP contribution in [0.4, 0.5) is 0 Å². The molecule has 0 rings (SSSR count). The van der Waals surface area contributed by atoms with Gasteiger partial charge in [0.05, 0.1) is 6.61 Å². The smallest absolute Gasteiger partial charge is 0.131 e. The minimum absolute atomic E-state index is 0.0278. The maximum atomic E-state index is 4.90. The second kappa shape index (κ2) is 5.03. The zero-order valence-electron chi connectivity index (χ0n) is 5.60. The molecule has 50 valence electrons. The molecule has 1 atom stereocenters. The Morgan fingerprint density at radius 3 is 2.25 bits per heavy atom. The van der Waals surface area contributed by atoms with Gasteiger partial charge in [0.25, 0.3) is 0 Å². The topological polar surface area (TPSA) is 30.5 Å². The Kier molecular flexibility index (Phi) is 4.95. The van der Waals surface area contributed by atoms with Crippen LogP contribution >= 0.6 is 0 Å². The Balaban J connectivity index is 3.07. The first kappa shape index (κ1) is 7.88. The van der Waals surface area contributed by atoms with Gasteiger partial charge in [-0.2, -0.15) is 0 Å². The van der Waals surface area contributed by atoms with Gasteiger partial charge in [-0.1, -0.05) is 0 Å². The van der Waals surface area contributed by atoms with Gasteiger partial charge in [-0.25, -0.2) is 0 Å². The van der Waals surface area contributed by atoms with Gasteiger partial charge in [0.15, 0.2) is 0 Å². The summed E-state index contributed by atoms with van der Waals surface area (Å²) >= 11 is 0. The molecule has 0 aliphatic rings. The average Bonchev–Trinajstić information content (AvgIpc) is 1.83. The van der Waals surface area contributed by atoms with Gasteiger partial charge < -0.3 is 9.47 Å². The minimum Gasteiger partial charge on any atom is -0.381 e. The van der Waals surface area contributed by atoms with Crippen molar-refractivity contribution in [2.75, 3.05) is 27.9 Å². The van der Waals surface area contributed by atoms with E-state index in [-0.39, 0.29) is 6.23 Å². The molecular weight excluding hydrogens is 106 g/mol. The van der Waals surface area contributed by atoms with E-state index in [9.17, 15) is 0 Å². The van der Waals surface area contributed by atoms with E-state index < -0.39 is 0 Å². The zero-order chi connectivity index (χ0) is 6.41. The van der Waals surface area contributed by atoms with Crippen LogP contribution in [0.1, 0.15) is 0 Å². The highest BCUT2D eigenvalue weighted by Crippen LogP contribution is 1.81. The second-order valence-electron chi connectivity index (χ2n) is 1.47. The summed E-state index contributed by atoms with van der Waals surface area (Å²) in [5.41, 5.74) is 0. The molecule has 0 bridgehead atoms. The molecule has 0 saturated heterocycles. The maximum absolute atomic E-state index is 4.90. The summed E-state index contributed by atoms with van der Waals surface area (Å²) in [5, 5.41) is 2.91. The van der Waals surface area contributed by atoms with E-state index in [4.69, 9.17) is 9.47 Å². The van der Waals surface area contributed by atoms with Crippen molar-refractivity contribution in [3.8, 4) is 0 Å². The molecule has 8 heavy (non-hydrogen) atoms. The zero-order valence-corrected chi connectivity index (χ0v) is 5.60. The van der Waals surface area contributed by atoms with Crippen molar-refractivity contribution in [2.45, 2.75) is 6.23 Å². The summed E-state index contributed by atoms with van der Waals surface area (Å²) in [6, 6.07) is 0. The quantitative estimate of drug-likeness (QED) is 0.521. The van der Waals surface area contributed by atoms with Crippen LogP contribution in [0.25, 0.3) is 0 Å². The number of methoxy groups -OCH3 is 2. The Hall–Kier alpha value is -0.120. The second-order valence-corrected chi connectivity index (χ2v) is 1.47. The molecule has 0 aromatic carbocycles. The molecule has 3 nitrogen and oxygen atoms in total. The fourth-order valence-corrected chi connectivity index (χ4v) is 0.421. The Labute approximate surface area is 50.0 Å². The molecule has 0 spiro atoms. The lowest BCUT2D eigenvalue weighted by molar-refractivity contribution is 0.0123. The fraction of sp³-hybridized carbons (Fsp3) is 1.00. The molecule has 0 saturated carbocycles. The lowest BCUT2D eigenvalue weighted by Crippen LogP contribution is -2.31. The first-order valence-electron chi connectivity index (χ1n) is 2.54. The maximum Gasteiger partial charge on any atom is 0.131 e. The van der Waals surface area contributed by atoms with Crippen molar-refractivity contribution >= 4 is 0 Å². The lowest BCUT2D eigenvalue weighted by atomic mass is 10.6. The summed E-state index contributed by atoms with van der Waals surface area (Å²) in [6.45, 7) is 0.590. The number of nitrogens with one attached hydrogen (secondary N) is 1. The van der Waals surface area contributed by atoms with Gasteiger partial charge in [-0.05, 0) is 7.05 Å². The van der Waals surface area contributed by atoms with Crippen LogP contribution in [0, 0.1) is 0 Å². The molecule has 0 aromatic heterocycles. The fourth-order valence-electron chi connectivity index (χ4n) is 0.421. The highest BCUT2D eigenvalue weighted by Gasteiger charge is 1.98. The summed E-state index contributed by atoms with van der Waals surface area (Å²) in [5.74, 6) is 0. The van der Waals surface area contributed by atoms with Crippen LogP contribution in [0.5, 0.6) is 0 Å². The molecular formula is C5H13NO2. The van der Waals surface area contributed by atoms with Gasteiger partial charge in [0, 0.05) is 14.2 Å². The van der Waals surface area contributed by atoms with Crippen molar-refractivity contribution < 1.29 is 9.47 Å². The third-order valence-corrected chi connectivity index (χ3v) is 0.925. The number of hydrogen-bond donors (Lipinski definition) is 1. The van der Waals surface area contributed by atoms with Crippen LogP contribution in [-0.2, 0) is 9.47 Å². The van der Waals surface area contributed by atoms with Crippen LogP contribution in [-0.4, -0.2) is 34.1 Å². The third kappa shape index (κ3) is 2.96. The van der Waals surface area contributed by atoms with E-state index in [1.807, 2.05) is 7.05 Å². The van der Waals surface area contributed by atoms with E-state index in [1.165, 1.54) is 0 Å². The number of likely N-dealkylation sites (N-methyl/N-ethyl adjacent to an activating group) is 1. The van der Waals surface area contributed by atoms with Crippen molar-refractivity contribution in [1.29, 1.82) is 0 Å². The van der Waals surface area contributed by atoms with Crippen molar-refractivity contribution in [3.05, 3.63) is 0 Å². The van der Waals surface area contributed by atoms with Crippen molar-refractivity contribution in [1.82, 2.24) is 5.32 Å². The molecule has 1 unspecified atom stereocenters. The number of hydrogen-bond acceptors (Lipinski definition) is 3. The Bertz CT molecular complexity index is 45.7. The molecule has 0 heterocycles. The Morgan fingerprint density at radius 1 is 1.50 bits per heavy atom. The summed E-state index contributed by atoms with van der Waals surface area (Å²) < 4.78 is 9.70. The summed E-state index contributed by atoms with van der Waals surface area (Å²) in [6.07, 6.45) is 0.0278. The average molecular weight is 119 g/mol. The predicted octanol–water partition coefficient (Wildman–Crippen LogP) is -0.175. The van der Waals surface area contributed by atoms with E-state index in [1.54, 1.807) is 14.2 Å². The van der Waals surface area contributed by atoms with Gasteiger partial charge in [-0.15, -0.1) is 0 Å². The van der Waals surface area contributed by atoms with Crippen LogP contribution in [0.2, 0.25) is 0 Å². The van der Waals surface area contributed by atoms with E-state index in [0.717, 1.165) is 0 Å². The largest absolute Gasteiger partial charge is 0.381 e. The van der Waals surface area contributed by atoms with E-state index in [0.29, 0.717) is 6.61 Å². The van der Waals surface area contributed by atoms with Gasteiger partial charge in [0.1, 0.15) is 6.23 Å². The van der Waals surface area contributed by atoms with Gasteiger partial charge >= 0.3 is 0 Å². The number of ether oxygens (including phenoxy) is 2. The molecule has 0 aliphatic carbocycles. The molecule has 0 radical (unpaired) electrons. The highest BCUT2D eigenvalue weighted by atomic mass is 16.5. The molecule has 3 heteroatoms. The van der Waals surface area contributed by atoms with Crippen molar-refractivity contribution in [3.63, 3.8) is 0 Å². The summed E-state index contributed by atoms with van der Waals surface area (Å²) in [4.78, 5) is 0. The van der Waals surface area contributed by atoms with Crippen LogP contribution in [0.3, 0.4) is 0 Å². The van der Waals surface area contributed by atoms with E-state index >= 15 is 0 Å². The van der Waals surface area contributed by atoms with E-state index in [2.05, 4.69) is 5.32 Å². The highest BCUT2D eigenvalue weighted by molar-refractivity contribution is 4.45. The SMILES string of the molecule is CNC(COC)OC.